The number of ether oxygens (including phenoxy) is 1. The summed E-state index contributed by atoms with van der Waals surface area (Å²) >= 11 is 0. The summed E-state index contributed by atoms with van der Waals surface area (Å²) in [6, 6.07) is 15.0. The van der Waals surface area contributed by atoms with Gasteiger partial charge in [0.1, 0.15) is 11.6 Å². The van der Waals surface area contributed by atoms with Gasteiger partial charge in [-0.15, -0.1) is 0 Å². The van der Waals surface area contributed by atoms with E-state index in [1.165, 1.54) is 12.1 Å². The molecule has 5 nitrogen and oxygen atoms in total. The van der Waals surface area contributed by atoms with Gasteiger partial charge in [-0.3, -0.25) is 4.79 Å². The highest BCUT2D eigenvalue weighted by atomic mass is 19.1. The number of methoxy groups -OCH3 is 1. The molecule has 1 heterocycles. The first-order chi connectivity index (χ1) is 11.6. The van der Waals surface area contributed by atoms with Crippen molar-refractivity contribution in [2.24, 2.45) is 0 Å². The van der Waals surface area contributed by atoms with Crippen LogP contribution in [-0.4, -0.2) is 22.8 Å². The topological polar surface area (TPSA) is 56.2 Å². The summed E-state index contributed by atoms with van der Waals surface area (Å²) in [6.07, 6.45) is 0. The molecule has 0 aliphatic carbocycles. The molecule has 0 aliphatic rings. The van der Waals surface area contributed by atoms with Gasteiger partial charge in [0.15, 0.2) is 5.69 Å². The molecule has 0 atom stereocenters. The van der Waals surface area contributed by atoms with Crippen LogP contribution in [0.5, 0.6) is 5.75 Å². The fraction of sp³-hybridized carbons (Fsp3) is 0.111. The first-order valence-electron chi connectivity index (χ1n) is 7.35. The van der Waals surface area contributed by atoms with Crippen LogP contribution < -0.4 is 10.1 Å². The Bertz CT molecular complexity index is 872. The molecule has 0 aliphatic heterocycles. The Hall–Kier alpha value is -3.15. The van der Waals surface area contributed by atoms with Gasteiger partial charge in [0, 0.05) is 5.69 Å². The van der Waals surface area contributed by atoms with Crippen molar-refractivity contribution in [1.82, 2.24) is 9.78 Å². The lowest BCUT2D eigenvalue weighted by atomic mass is 10.3. The molecule has 0 unspecified atom stereocenters. The van der Waals surface area contributed by atoms with E-state index in [2.05, 4.69) is 10.4 Å². The normalized spacial score (nSPS) is 10.5. The van der Waals surface area contributed by atoms with Gasteiger partial charge in [0.25, 0.3) is 5.91 Å². The number of para-hydroxylation sites is 1. The minimum atomic E-state index is -0.489. The quantitative estimate of drug-likeness (QED) is 0.797. The molecular formula is C18H16FN3O2. The van der Waals surface area contributed by atoms with E-state index in [9.17, 15) is 9.18 Å². The second-order valence-corrected chi connectivity index (χ2v) is 5.21. The van der Waals surface area contributed by atoms with Crippen molar-refractivity contribution < 1.29 is 13.9 Å². The molecule has 24 heavy (non-hydrogen) atoms. The third-order valence-corrected chi connectivity index (χ3v) is 3.56. The van der Waals surface area contributed by atoms with Crippen LogP contribution in [-0.2, 0) is 0 Å². The van der Waals surface area contributed by atoms with Crippen LogP contribution in [0.15, 0.2) is 54.6 Å². The van der Waals surface area contributed by atoms with E-state index in [0.717, 1.165) is 17.1 Å². The fourth-order valence-corrected chi connectivity index (χ4v) is 2.32. The minimum absolute atomic E-state index is 0.124. The maximum absolute atomic E-state index is 13.6. The summed E-state index contributed by atoms with van der Waals surface area (Å²) < 4.78 is 20.4. The average Bonchev–Trinajstić information content (AvgIpc) is 2.99. The maximum Gasteiger partial charge on any atom is 0.276 e. The molecule has 3 aromatic rings. The van der Waals surface area contributed by atoms with Crippen molar-refractivity contribution in [3.8, 4) is 11.4 Å². The van der Waals surface area contributed by atoms with Gasteiger partial charge >= 0.3 is 0 Å². The average molecular weight is 325 g/mol. The molecule has 0 saturated carbocycles. The summed E-state index contributed by atoms with van der Waals surface area (Å²) in [5.41, 5.74) is 1.93. The third-order valence-electron chi connectivity index (χ3n) is 3.56. The molecule has 2 aromatic carbocycles. The Morgan fingerprint density at radius 1 is 1.17 bits per heavy atom. The number of hydrogen-bond donors (Lipinski definition) is 1. The highest BCUT2D eigenvalue weighted by Crippen LogP contribution is 2.18. The molecule has 0 fully saturated rings. The van der Waals surface area contributed by atoms with Crippen LogP contribution in [0.4, 0.5) is 10.1 Å². The summed E-state index contributed by atoms with van der Waals surface area (Å²) in [6.45, 7) is 1.84. The van der Waals surface area contributed by atoms with E-state index in [0.29, 0.717) is 0 Å². The summed E-state index contributed by atoms with van der Waals surface area (Å²) in [4.78, 5) is 12.3. The highest BCUT2D eigenvalue weighted by Gasteiger charge is 2.15. The molecule has 0 radical (unpaired) electrons. The van der Waals surface area contributed by atoms with Gasteiger partial charge < -0.3 is 10.1 Å². The van der Waals surface area contributed by atoms with Crippen LogP contribution in [0.1, 0.15) is 16.2 Å². The number of amides is 1. The van der Waals surface area contributed by atoms with Crippen LogP contribution in [0.2, 0.25) is 0 Å². The lowest BCUT2D eigenvalue weighted by Crippen LogP contribution is -2.14. The number of anilines is 1. The molecule has 1 N–H and O–H groups in total. The van der Waals surface area contributed by atoms with Crippen LogP contribution in [0.25, 0.3) is 5.69 Å². The lowest BCUT2D eigenvalue weighted by molar-refractivity contribution is 0.102. The number of benzene rings is 2. The largest absolute Gasteiger partial charge is 0.497 e. The van der Waals surface area contributed by atoms with Crippen LogP contribution >= 0.6 is 0 Å². The molecule has 122 valence electrons. The number of nitrogens with one attached hydrogen (secondary N) is 1. The summed E-state index contributed by atoms with van der Waals surface area (Å²) in [5.74, 6) is -0.214. The van der Waals surface area contributed by atoms with Crippen molar-refractivity contribution in [3.05, 3.63) is 71.8 Å². The van der Waals surface area contributed by atoms with Gasteiger partial charge in [-0.1, -0.05) is 12.1 Å². The Balaban J connectivity index is 1.85. The Morgan fingerprint density at radius 3 is 2.54 bits per heavy atom. The Kier molecular flexibility index (Phi) is 4.29. The van der Waals surface area contributed by atoms with E-state index in [-0.39, 0.29) is 11.4 Å². The smallest absolute Gasteiger partial charge is 0.276 e. The zero-order valence-electron chi connectivity index (χ0n) is 13.3. The first-order valence-corrected chi connectivity index (χ1v) is 7.35. The van der Waals surface area contributed by atoms with E-state index in [1.807, 2.05) is 31.2 Å². The van der Waals surface area contributed by atoms with Crippen molar-refractivity contribution in [2.75, 3.05) is 12.4 Å². The molecule has 1 aromatic heterocycles. The lowest BCUT2D eigenvalue weighted by Gasteiger charge is -2.06. The minimum Gasteiger partial charge on any atom is -0.497 e. The number of aryl methyl sites for hydroxylation is 1. The van der Waals surface area contributed by atoms with E-state index >= 15 is 0 Å². The fourth-order valence-electron chi connectivity index (χ4n) is 2.32. The monoisotopic (exact) mass is 325 g/mol. The highest BCUT2D eigenvalue weighted by molar-refractivity contribution is 6.03. The number of carbonyl (C=O) groups excluding carboxylic acids is 1. The first kappa shape index (κ1) is 15.7. The zero-order chi connectivity index (χ0) is 17.1. The number of aromatic nitrogens is 2. The van der Waals surface area contributed by atoms with E-state index in [4.69, 9.17) is 4.74 Å². The summed E-state index contributed by atoms with van der Waals surface area (Å²) in [5, 5.41) is 6.83. The van der Waals surface area contributed by atoms with Gasteiger partial charge in [0.2, 0.25) is 0 Å². The molecule has 0 spiro atoms. The van der Waals surface area contributed by atoms with Gasteiger partial charge in [-0.05, 0) is 49.4 Å². The van der Waals surface area contributed by atoms with Crippen molar-refractivity contribution in [1.29, 1.82) is 0 Å². The predicted molar refractivity (Wildman–Crippen MR) is 89.2 cm³/mol. The Morgan fingerprint density at radius 2 is 1.88 bits per heavy atom. The van der Waals surface area contributed by atoms with Gasteiger partial charge in [-0.25, -0.2) is 9.07 Å². The SMILES string of the molecule is COc1ccc(-n2nc(C(=O)Nc3ccccc3F)cc2C)cc1. The molecular weight excluding hydrogens is 309 g/mol. The number of halogens is 1. The molecule has 0 saturated heterocycles. The van der Waals surface area contributed by atoms with Crippen LogP contribution in [0.3, 0.4) is 0 Å². The molecule has 1 amide bonds. The van der Waals surface area contributed by atoms with Gasteiger partial charge in [0.05, 0.1) is 18.5 Å². The predicted octanol–water partition coefficient (Wildman–Crippen LogP) is 3.58. The molecule has 6 heteroatoms. The standard InChI is InChI=1S/C18H16FN3O2/c1-12-11-17(18(23)20-16-6-4-3-5-15(16)19)21-22(12)13-7-9-14(24-2)10-8-13/h3-11H,1-2H3,(H,20,23). The van der Waals surface area contributed by atoms with E-state index < -0.39 is 11.7 Å². The second-order valence-electron chi connectivity index (χ2n) is 5.21. The van der Waals surface area contributed by atoms with Crippen LogP contribution in [0, 0.1) is 12.7 Å². The number of nitrogens with zero attached hydrogens (tertiary/aromatic N) is 2. The zero-order valence-corrected chi connectivity index (χ0v) is 13.3. The molecule has 3 rings (SSSR count). The summed E-state index contributed by atoms with van der Waals surface area (Å²) in [7, 11) is 1.60. The maximum atomic E-state index is 13.6. The third kappa shape index (κ3) is 3.12. The number of carbonyl (C=O) groups is 1. The van der Waals surface area contributed by atoms with Crippen molar-refractivity contribution >= 4 is 11.6 Å². The van der Waals surface area contributed by atoms with Crippen molar-refractivity contribution in [2.45, 2.75) is 6.92 Å². The number of rotatable bonds is 4. The Labute approximate surface area is 138 Å². The second kappa shape index (κ2) is 6.54. The number of hydrogen-bond acceptors (Lipinski definition) is 3. The van der Waals surface area contributed by atoms with E-state index in [1.54, 1.807) is 30.0 Å². The van der Waals surface area contributed by atoms with Crippen molar-refractivity contribution in [3.63, 3.8) is 0 Å². The molecule has 0 bridgehead atoms. The van der Waals surface area contributed by atoms with Gasteiger partial charge in [-0.2, -0.15) is 5.10 Å².